The van der Waals surface area contributed by atoms with Gasteiger partial charge in [-0.3, -0.25) is 0 Å². The molecule has 1 atom stereocenters. The quantitative estimate of drug-likeness (QED) is 0.753. The molecular weight excluding hydrogens is 186 g/mol. The summed E-state index contributed by atoms with van der Waals surface area (Å²) in [6.45, 7) is 0. The molecule has 1 aliphatic rings. The highest BCUT2D eigenvalue weighted by Gasteiger charge is 2.23. The molecule has 1 aromatic carbocycles. The summed E-state index contributed by atoms with van der Waals surface area (Å²) in [6.07, 6.45) is 3.81. The average Bonchev–Trinajstić information content (AvgIpc) is 2.67. The number of rotatable bonds is 1. The van der Waals surface area contributed by atoms with Crippen molar-refractivity contribution < 1.29 is 4.74 Å². The van der Waals surface area contributed by atoms with Gasteiger partial charge in [-0.25, -0.2) is 0 Å². The van der Waals surface area contributed by atoms with E-state index in [1.165, 1.54) is 35.0 Å². The Morgan fingerprint density at radius 3 is 3.07 bits per heavy atom. The number of hydrogen-bond donors (Lipinski definition) is 1. The van der Waals surface area contributed by atoms with E-state index in [1.54, 1.807) is 7.11 Å². The Labute approximate surface area is 89.3 Å². The van der Waals surface area contributed by atoms with Gasteiger partial charge in [-0.15, -0.1) is 0 Å². The molecule has 3 rings (SSSR count). The van der Waals surface area contributed by atoms with Crippen LogP contribution in [0, 0.1) is 0 Å². The van der Waals surface area contributed by atoms with Crippen LogP contribution in [0.1, 0.15) is 30.2 Å². The molecular formula is C13H15NO. The third kappa shape index (κ3) is 1.29. The topological polar surface area (TPSA) is 25.0 Å². The summed E-state index contributed by atoms with van der Waals surface area (Å²) in [5, 5.41) is 1.37. The van der Waals surface area contributed by atoms with Gasteiger partial charge in [0.05, 0.1) is 6.10 Å². The van der Waals surface area contributed by atoms with Crippen molar-refractivity contribution in [3.05, 3.63) is 35.5 Å². The van der Waals surface area contributed by atoms with Crippen molar-refractivity contribution >= 4 is 10.9 Å². The minimum Gasteiger partial charge on any atom is -0.375 e. The van der Waals surface area contributed by atoms with Crippen LogP contribution in [0.3, 0.4) is 0 Å². The van der Waals surface area contributed by atoms with Crippen LogP contribution in [-0.4, -0.2) is 12.1 Å². The third-order valence-electron chi connectivity index (χ3n) is 3.35. The van der Waals surface area contributed by atoms with Crippen LogP contribution in [-0.2, 0) is 11.2 Å². The molecule has 0 aliphatic heterocycles. The molecule has 2 heteroatoms. The fourth-order valence-corrected chi connectivity index (χ4v) is 2.61. The molecule has 0 amide bonds. The monoisotopic (exact) mass is 201 g/mol. The summed E-state index contributed by atoms with van der Waals surface area (Å²) in [7, 11) is 1.80. The average molecular weight is 201 g/mol. The molecule has 0 saturated heterocycles. The van der Waals surface area contributed by atoms with Crippen molar-refractivity contribution in [2.24, 2.45) is 0 Å². The lowest BCUT2D eigenvalue weighted by atomic mass is 9.93. The maximum absolute atomic E-state index is 5.52. The van der Waals surface area contributed by atoms with Crippen LogP contribution in [0.15, 0.2) is 24.3 Å². The molecule has 1 aromatic heterocycles. The highest BCUT2D eigenvalue weighted by molar-refractivity contribution is 5.85. The zero-order chi connectivity index (χ0) is 10.3. The summed E-state index contributed by atoms with van der Waals surface area (Å²) in [5.41, 5.74) is 4.00. The molecule has 15 heavy (non-hydrogen) atoms. The lowest BCUT2D eigenvalue weighted by Crippen LogP contribution is -2.10. The second kappa shape index (κ2) is 3.38. The first-order valence-electron chi connectivity index (χ1n) is 5.52. The molecule has 0 spiro atoms. The van der Waals surface area contributed by atoms with Gasteiger partial charge in [0.15, 0.2) is 0 Å². The van der Waals surface area contributed by atoms with Crippen molar-refractivity contribution in [2.45, 2.75) is 25.4 Å². The first-order chi connectivity index (χ1) is 7.40. The van der Waals surface area contributed by atoms with Gasteiger partial charge < -0.3 is 9.72 Å². The summed E-state index contributed by atoms with van der Waals surface area (Å²) in [6, 6.07) is 8.52. The minimum absolute atomic E-state index is 0.265. The number of benzene rings is 1. The van der Waals surface area contributed by atoms with E-state index in [0.29, 0.717) is 0 Å². The van der Waals surface area contributed by atoms with Crippen molar-refractivity contribution in [3.63, 3.8) is 0 Å². The molecule has 2 nitrogen and oxygen atoms in total. The zero-order valence-corrected chi connectivity index (χ0v) is 8.92. The first-order valence-corrected chi connectivity index (χ1v) is 5.52. The van der Waals surface area contributed by atoms with Gasteiger partial charge in [0.2, 0.25) is 0 Å². The Morgan fingerprint density at radius 1 is 1.33 bits per heavy atom. The fourth-order valence-electron chi connectivity index (χ4n) is 2.61. The van der Waals surface area contributed by atoms with Gasteiger partial charge in [-0.1, -0.05) is 18.2 Å². The van der Waals surface area contributed by atoms with E-state index < -0.39 is 0 Å². The summed E-state index contributed by atoms with van der Waals surface area (Å²) < 4.78 is 5.52. The van der Waals surface area contributed by atoms with Crippen LogP contribution in [0.5, 0.6) is 0 Å². The number of aromatic amines is 1. The van der Waals surface area contributed by atoms with E-state index in [0.717, 1.165) is 6.42 Å². The Morgan fingerprint density at radius 2 is 2.20 bits per heavy atom. The normalized spacial score (nSPS) is 20.5. The van der Waals surface area contributed by atoms with Crippen LogP contribution in [0.4, 0.5) is 0 Å². The smallest absolute Gasteiger partial charge is 0.0971 e. The van der Waals surface area contributed by atoms with Crippen LogP contribution in [0.2, 0.25) is 0 Å². The van der Waals surface area contributed by atoms with Gasteiger partial charge in [0.25, 0.3) is 0 Å². The highest BCUT2D eigenvalue weighted by atomic mass is 16.5. The molecule has 1 aliphatic carbocycles. The standard InChI is InChI=1S/C13H15NO/c1-15-12-8-4-6-10-9-5-2-3-7-11(9)14-13(10)12/h2-3,5,7,12,14H,4,6,8H2,1H3. The van der Waals surface area contributed by atoms with Crippen molar-refractivity contribution in [1.29, 1.82) is 0 Å². The molecule has 0 radical (unpaired) electrons. The van der Waals surface area contributed by atoms with Gasteiger partial charge >= 0.3 is 0 Å². The Kier molecular flexibility index (Phi) is 2.03. The second-order valence-electron chi connectivity index (χ2n) is 4.18. The largest absolute Gasteiger partial charge is 0.375 e. The van der Waals surface area contributed by atoms with Crippen molar-refractivity contribution in [2.75, 3.05) is 7.11 Å². The summed E-state index contributed by atoms with van der Waals surface area (Å²) in [5.74, 6) is 0. The number of aromatic nitrogens is 1. The lowest BCUT2D eigenvalue weighted by molar-refractivity contribution is 0.0852. The number of fused-ring (bicyclic) bond motifs is 3. The molecule has 2 aromatic rings. The lowest BCUT2D eigenvalue weighted by Gasteiger charge is -2.20. The molecule has 0 saturated carbocycles. The van der Waals surface area contributed by atoms with Crippen LogP contribution in [0.25, 0.3) is 10.9 Å². The maximum atomic E-state index is 5.52. The van der Waals surface area contributed by atoms with E-state index in [2.05, 4.69) is 29.2 Å². The fraction of sp³-hybridized carbons (Fsp3) is 0.385. The SMILES string of the molecule is COC1CCCc2c1[nH]c1ccccc21. The predicted octanol–water partition coefficient (Wildman–Crippen LogP) is 3.19. The Balaban J connectivity index is 2.24. The number of para-hydroxylation sites is 1. The van der Waals surface area contributed by atoms with E-state index in [9.17, 15) is 0 Å². The van der Waals surface area contributed by atoms with Crippen LogP contribution < -0.4 is 0 Å². The van der Waals surface area contributed by atoms with E-state index in [4.69, 9.17) is 4.74 Å². The van der Waals surface area contributed by atoms with Gasteiger partial charge in [-0.2, -0.15) is 0 Å². The number of aryl methyl sites for hydroxylation is 1. The van der Waals surface area contributed by atoms with Gasteiger partial charge in [0.1, 0.15) is 0 Å². The predicted molar refractivity (Wildman–Crippen MR) is 61.0 cm³/mol. The molecule has 1 N–H and O–H groups in total. The molecule has 1 heterocycles. The first kappa shape index (κ1) is 8.98. The molecule has 1 unspecified atom stereocenters. The highest BCUT2D eigenvalue weighted by Crippen LogP contribution is 2.35. The summed E-state index contributed by atoms with van der Waals surface area (Å²) in [4.78, 5) is 3.49. The molecule has 0 bridgehead atoms. The van der Waals surface area contributed by atoms with Gasteiger partial charge in [0, 0.05) is 23.7 Å². The van der Waals surface area contributed by atoms with Crippen molar-refractivity contribution in [3.8, 4) is 0 Å². The number of hydrogen-bond acceptors (Lipinski definition) is 1. The molecule has 78 valence electrons. The van der Waals surface area contributed by atoms with E-state index in [1.807, 2.05) is 0 Å². The summed E-state index contributed by atoms with van der Waals surface area (Å²) >= 11 is 0. The van der Waals surface area contributed by atoms with Gasteiger partial charge in [-0.05, 0) is 30.9 Å². The number of H-pyrrole nitrogens is 1. The van der Waals surface area contributed by atoms with E-state index in [-0.39, 0.29) is 6.10 Å². The number of methoxy groups -OCH3 is 1. The van der Waals surface area contributed by atoms with Crippen LogP contribution >= 0.6 is 0 Å². The molecule has 0 fully saturated rings. The maximum Gasteiger partial charge on any atom is 0.0971 e. The minimum atomic E-state index is 0.265. The Bertz CT molecular complexity index is 486. The van der Waals surface area contributed by atoms with Crippen molar-refractivity contribution in [1.82, 2.24) is 4.98 Å². The number of ether oxygens (including phenoxy) is 1. The Hall–Kier alpha value is -1.28. The zero-order valence-electron chi connectivity index (χ0n) is 8.92. The third-order valence-corrected chi connectivity index (χ3v) is 3.35. The second-order valence-corrected chi connectivity index (χ2v) is 4.18. The number of nitrogens with one attached hydrogen (secondary N) is 1. The van der Waals surface area contributed by atoms with E-state index >= 15 is 0 Å².